The molecule has 6 rings (SSSR count). The van der Waals surface area contributed by atoms with Gasteiger partial charge in [-0.15, -0.1) is 23.5 Å². The summed E-state index contributed by atoms with van der Waals surface area (Å²) < 4.78 is 12.2. The van der Waals surface area contributed by atoms with Crippen LogP contribution in [0.3, 0.4) is 0 Å². The standard InChI is InChI=1S/C18H18O2S2/c1-11-9-21-16-8-7-15(13-3-5-14(19-11)6-4-13)18-17(16)20-12(2)10-22-18/h3-8,11-12H,9-10H2,1-2H3. The van der Waals surface area contributed by atoms with Gasteiger partial charge >= 0.3 is 0 Å². The van der Waals surface area contributed by atoms with Crippen molar-refractivity contribution in [3.05, 3.63) is 36.4 Å². The maximum atomic E-state index is 6.19. The van der Waals surface area contributed by atoms with Crippen molar-refractivity contribution in [3.8, 4) is 22.6 Å². The van der Waals surface area contributed by atoms with Gasteiger partial charge in [-0.05, 0) is 43.2 Å². The van der Waals surface area contributed by atoms with Crippen LogP contribution in [0.2, 0.25) is 0 Å². The third-order valence-electron chi connectivity index (χ3n) is 3.83. The molecule has 0 saturated carbocycles. The minimum absolute atomic E-state index is 0.166. The van der Waals surface area contributed by atoms with Gasteiger partial charge in [0.25, 0.3) is 0 Å². The zero-order valence-electron chi connectivity index (χ0n) is 12.7. The van der Waals surface area contributed by atoms with Crippen LogP contribution in [-0.2, 0) is 0 Å². The van der Waals surface area contributed by atoms with Gasteiger partial charge in [-0.3, -0.25) is 0 Å². The number of rotatable bonds is 0. The van der Waals surface area contributed by atoms with Crippen molar-refractivity contribution >= 4 is 23.5 Å². The van der Waals surface area contributed by atoms with E-state index in [0.29, 0.717) is 0 Å². The molecule has 0 amide bonds. The maximum absolute atomic E-state index is 6.19. The minimum Gasteiger partial charge on any atom is -0.490 e. The van der Waals surface area contributed by atoms with Gasteiger partial charge in [0.15, 0.2) is 0 Å². The van der Waals surface area contributed by atoms with E-state index in [4.69, 9.17) is 9.47 Å². The summed E-state index contributed by atoms with van der Waals surface area (Å²) in [6, 6.07) is 12.8. The van der Waals surface area contributed by atoms with Gasteiger partial charge in [-0.2, -0.15) is 0 Å². The van der Waals surface area contributed by atoms with Gasteiger partial charge in [0.1, 0.15) is 23.7 Å². The molecule has 0 fully saturated rings. The van der Waals surface area contributed by atoms with Gasteiger partial charge < -0.3 is 9.47 Å². The molecule has 2 aromatic rings. The lowest BCUT2D eigenvalue weighted by molar-refractivity contribution is 0.229. The molecular formula is C18H18O2S2. The molecule has 2 atom stereocenters. The summed E-state index contributed by atoms with van der Waals surface area (Å²) >= 11 is 3.73. The minimum atomic E-state index is 0.166. The Morgan fingerprint density at radius 1 is 0.864 bits per heavy atom. The summed E-state index contributed by atoms with van der Waals surface area (Å²) in [4.78, 5) is 2.51. The van der Waals surface area contributed by atoms with Crippen LogP contribution in [-0.4, -0.2) is 23.7 Å². The molecule has 0 saturated heterocycles. The molecule has 0 N–H and O–H groups in total. The second-order valence-electron chi connectivity index (χ2n) is 5.77. The summed E-state index contributed by atoms with van der Waals surface area (Å²) in [6.07, 6.45) is 0.426. The summed E-state index contributed by atoms with van der Waals surface area (Å²) in [5.74, 6) is 3.92. The third-order valence-corrected chi connectivity index (χ3v) is 6.43. The Labute approximate surface area is 139 Å². The van der Waals surface area contributed by atoms with Crippen molar-refractivity contribution in [3.63, 3.8) is 0 Å². The fraction of sp³-hybridized carbons (Fsp3) is 0.333. The molecule has 0 aromatic heterocycles. The highest BCUT2D eigenvalue weighted by atomic mass is 32.2. The molecule has 0 spiro atoms. The van der Waals surface area contributed by atoms with Gasteiger partial charge in [0.2, 0.25) is 0 Å². The van der Waals surface area contributed by atoms with E-state index in [0.717, 1.165) is 23.0 Å². The first-order valence-corrected chi connectivity index (χ1v) is 9.54. The molecule has 4 heteroatoms. The van der Waals surface area contributed by atoms with Gasteiger partial charge in [0, 0.05) is 11.5 Å². The van der Waals surface area contributed by atoms with E-state index in [1.54, 1.807) is 0 Å². The Morgan fingerprint density at radius 2 is 1.59 bits per heavy atom. The lowest BCUT2D eigenvalue weighted by Crippen LogP contribution is -2.20. The predicted octanol–water partition coefficient (Wildman–Crippen LogP) is 5.10. The number of benzene rings is 2. The van der Waals surface area contributed by atoms with E-state index in [-0.39, 0.29) is 12.2 Å². The Hall–Kier alpha value is -1.26. The molecule has 4 aliphatic rings. The van der Waals surface area contributed by atoms with E-state index in [1.807, 2.05) is 23.5 Å². The van der Waals surface area contributed by atoms with E-state index >= 15 is 0 Å². The van der Waals surface area contributed by atoms with E-state index in [1.165, 1.54) is 20.9 Å². The zero-order chi connectivity index (χ0) is 15.1. The number of hydrogen-bond donors (Lipinski definition) is 0. The Balaban J connectivity index is 1.91. The number of fused-ring (bicyclic) bond motifs is 1. The van der Waals surface area contributed by atoms with Crippen LogP contribution in [0.1, 0.15) is 13.8 Å². The summed E-state index contributed by atoms with van der Waals surface area (Å²) in [6.45, 7) is 4.26. The summed E-state index contributed by atoms with van der Waals surface area (Å²) in [5, 5.41) is 0. The van der Waals surface area contributed by atoms with Gasteiger partial charge in [0.05, 0.1) is 9.79 Å². The molecule has 4 bridgehead atoms. The average molecular weight is 330 g/mol. The van der Waals surface area contributed by atoms with Crippen LogP contribution in [0.25, 0.3) is 11.1 Å². The number of ether oxygens (including phenoxy) is 2. The van der Waals surface area contributed by atoms with Gasteiger partial charge in [-0.25, -0.2) is 0 Å². The molecule has 0 aliphatic carbocycles. The van der Waals surface area contributed by atoms with E-state index in [2.05, 4.69) is 50.2 Å². The summed E-state index contributed by atoms with van der Waals surface area (Å²) in [5.41, 5.74) is 2.48. The van der Waals surface area contributed by atoms with Crippen LogP contribution >= 0.6 is 23.5 Å². The Bertz CT molecular complexity index is 697. The second kappa shape index (κ2) is 5.74. The maximum Gasteiger partial charge on any atom is 0.147 e. The normalized spacial score (nSPS) is 23.0. The fourth-order valence-corrected chi connectivity index (χ4v) is 4.86. The van der Waals surface area contributed by atoms with E-state index < -0.39 is 0 Å². The predicted molar refractivity (Wildman–Crippen MR) is 93.5 cm³/mol. The van der Waals surface area contributed by atoms with Crippen molar-refractivity contribution in [1.29, 1.82) is 0 Å². The largest absolute Gasteiger partial charge is 0.490 e. The van der Waals surface area contributed by atoms with Crippen LogP contribution in [0.4, 0.5) is 0 Å². The Morgan fingerprint density at radius 3 is 2.41 bits per heavy atom. The van der Waals surface area contributed by atoms with Crippen molar-refractivity contribution < 1.29 is 9.47 Å². The molecular weight excluding hydrogens is 312 g/mol. The Kier molecular flexibility index (Phi) is 3.74. The van der Waals surface area contributed by atoms with Gasteiger partial charge in [-0.1, -0.05) is 18.2 Å². The summed E-state index contributed by atoms with van der Waals surface area (Å²) in [7, 11) is 0. The molecule has 4 heterocycles. The molecule has 4 aliphatic heterocycles. The number of thioether (sulfide) groups is 2. The van der Waals surface area contributed by atoms with Crippen molar-refractivity contribution in [2.24, 2.45) is 0 Å². The van der Waals surface area contributed by atoms with Crippen molar-refractivity contribution in [1.82, 2.24) is 0 Å². The monoisotopic (exact) mass is 330 g/mol. The first kappa shape index (κ1) is 14.3. The lowest BCUT2D eigenvalue weighted by atomic mass is 10.0. The second-order valence-corrected chi connectivity index (χ2v) is 7.86. The molecule has 114 valence electrons. The highest BCUT2D eigenvalue weighted by Crippen LogP contribution is 2.48. The van der Waals surface area contributed by atoms with Crippen molar-refractivity contribution in [2.45, 2.75) is 35.8 Å². The van der Waals surface area contributed by atoms with Crippen LogP contribution in [0.15, 0.2) is 46.2 Å². The average Bonchev–Trinajstić information content (AvgIpc) is 2.52. The lowest BCUT2D eigenvalue weighted by Gasteiger charge is -2.28. The first-order valence-electron chi connectivity index (χ1n) is 7.57. The first-order chi connectivity index (χ1) is 10.7. The fourth-order valence-electron chi connectivity index (χ4n) is 2.76. The molecule has 22 heavy (non-hydrogen) atoms. The quantitative estimate of drug-likeness (QED) is 0.668. The highest BCUT2D eigenvalue weighted by Gasteiger charge is 2.24. The van der Waals surface area contributed by atoms with Crippen molar-refractivity contribution in [2.75, 3.05) is 11.5 Å². The molecule has 2 unspecified atom stereocenters. The number of hydrogen-bond acceptors (Lipinski definition) is 4. The topological polar surface area (TPSA) is 18.5 Å². The molecule has 0 radical (unpaired) electrons. The van der Waals surface area contributed by atoms with E-state index in [9.17, 15) is 0 Å². The van der Waals surface area contributed by atoms with Crippen LogP contribution in [0, 0.1) is 0 Å². The zero-order valence-corrected chi connectivity index (χ0v) is 14.3. The highest BCUT2D eigenvalue weighted by molar-refractivity contribution is 8.00. The van der Waals surface area contributed by atoms with Crippen LogP contribution < -0.4 is 9.47 Å². The SMILES string of the molecule is CC1CSc2ccc(c3c2OC(C)CS3)-c2ccc(cc2)O1. The van der Waals surface area contributed by atoms with Crippen LogP contribution in [0.5, 0.6) is 11.5 Å². The molecule has 2 aromatic carbocycles. The third kappa shape index (κ3) is 2.59. The molecule has 2 nitrogen and oxygen atoms in total. The smallest absolute Gasteiger partial charge is 0.147 e.